The van der Waals surface area contributed by atoms with E-state index in [0.717, 1.165) is 5.56 Å². The number of halogens is 1. The van der Waals surface area contributed by atoms with Crippen molar-refractivity contribution in [3.05, 3.63) is 23.8 Å². The highest BCUT2D eigenvalue weighted by Crippen LogP contribution is 2.31. The van der Waals surface area contributed by atoms with E-state index in [1.165, 1.54) is 0 Å². The molecule has 0 aromatic heterocycles. The highest BCUT2D eigenvalue weighted by Gasteiger charge is 2.18. The molecule has 1 aromatic carbocycles. The number of carbonyl (C=O) groups is 1. The standard InChI is InChI=1S/C18H30N2O3.ClH/c1-11(2)9-15(19)18(21)20-13(5)14-7-8-16(23-12(3)4)17(10-14)22-6;/h7-8,10-13,15H,9,19H2,1-6H3,(H,20,21);1H/t13?,15-;/m0./s1. The Labute approximate surface area is 151 Å². The molecule has 0 aliphatic heterocycles. The zero-order valence-corrected chi connectivity index (χ0v) is 16.3. The fourth-order valence-corrected chi connectivity index (χ4v) is 2.32. The van der Waals surface area contributed by atoms with Crippen LogP contribution in [0.1, 0.15) is 52.6 Å². The van der Waals surface area contributed by atoms with Crippen molar-refractivity contribution >= 4 is 18.3 Å². The molecule has 3 N–H and O–H groups in total. The molecule has 0 fully saturated rings. The van der Waals surface area contributed by atoms with Gasteiger partial charge in [0.15, 0.2) is 11.5 Å². The molecular formula is C18H31ClN2O3. The number of nitrogens with one attached hydrogen (secondary N) is 1. The van der Waals surface area contributed by atoms with Gasteiger partial charge in [-0.1, -0.05) is 19.9 Å². The van der Waals surface area contributed by atoms with Crippen molar-refractivity contribution in [3.8, 4) is 11.5 Å². The maximum atomic E-state index is 12.1. The molecule has 0 aliphatic carbocycles. The quantitative estimate of drug-likeness (QED) is 0.746. The molecule has 6 heteroatoms. The first-order valence-electron chi connectivity index (χ1n) is 8.15. The van der Waals surface area contributed by atoms with Crippen molar-refractivity contribution in [2.45, 2.75) is 59.2 Å². The minimum Gasteiger partial charge on any atom is -0.493 e. The van der Waals surface area contributed by atoms with Crippen molar-refractivity contribution in [1.82, 2.24) is 5.32 Å². The van der Waals surface area contributed by atoms with Crippen LogP contribution in [0.2, 0.25) is 0 Å². The number of hydrogen-bond donors (Lipinski definition) is 2. The summed E-state index contributed by atoms with van der Waals surface area (Å²) in [4.78, 5) is 12.1. The van der Waals surface area contributed by atoms with E-state index in [9.17, 15) is 4.79 Å². The largest absolute Gasteiger partial charge is 0.493 e. The van der Waals surface area contributed by atoms with Gasteiger partial charge in [-0.05, 0) is 50.8 Å². The van der Waals surface area contributed by atoms with Gasteiger partial charge in [-0.2, -0.15) is 0 Å². The first kappa shape index (κ1) is 22.5. The predicted octanol–water partition coefficient (Wildman–Crippen LogP) is 3.45. The molecule has 0 saturated carbocycles. The highest BCUT2D eigenvalue weighted by molar-refractivity contribution is 5.85. The Morgan fingerprint density at radius 1 is 1.17 bits per heavy atom. The summed E-state index contributed by atoms with van der Waals surface area (Å²) < 4.78 is 11.1. The van der Waals surface area contributed by atoms with Crippen LogP contribution in [0, 0.1) is 5.92 Å². The minimum absolute atomic E-state index is 0. The van der Waals surface area contributed by atoms with Crippen molar-refractivity contribution in [2.75, 3.05) is 7.11 Å². The summed E-state index contributed by atoms with van der Waals surface area (Å²) in [7, 11) is 1.61. The molecule has 1 rings (SSSR count). The van der Waals surface area contributed by atoms with Gasteiger partial charge in [0.25, 0.3) is 0 Å². The lowest BCUT2D eigenvalue weighted by atomic mass is 10.0. The number of nitrogens with two attached hydrogens (primary N) is 1. The molecular weight excluding hydrogens is 328 g/mol. The third kappa shape index (κ3) is 6.97. The average molecular weight is 359 g/mol. The molecule has 2 atom stereocenters. The Balaban J connectivity index is 0.00000529. The molecule has 138 valence electrons. The number of benzene rings is 1. The van der Waals surface area contributed by atoms with Crippen molar-refractivity contribution < 1.29 is 14.3 Å². The van der Waals surface area contributed by atoms with Gasteiger partial charge < -0.3 is 20.5 Å². The lowest BCUT2D eigenvalue weighted by Crippen LogP contribution is -2.42. The molecule has 0 spiro atoms. The fourth-order valence-electron chi connectivity index (χ4n) is 2.32. The van der Waals surface area contributed by atoms with Crippen LogP contribution in [0.5, 0.6) is 11.5 Å². The van der Waals surface area contributed by atoms with Gasteiger partial charge in [0.05, 0.1) is 25.3 Å². The van der Waals surface area contributed by atoms with Gasteiger partial charge in [-0.25, -0.2) is 0 Å². The lowest BCUT2D eigenvalue weighted by molar-refractivity contribution is -0.123. The van der Waals surface area contributed by atoms with E-state index in [1.54, 1.807) is 7.11 Å². The summed E-state index contributed by atoms with van der Waals surface area (Å²) in [6.45, 7) is 9.96. The maximum absolute atomic E-state index is 12.1. The van der Waals surface area contributed by atoms with Crippen LogP contribution in [0.15, 0.2) is 18.2 Å². The zero-order chi connectivity index (χ0) is 17.6. The Morgan fingerprint density at radius 2 is 1.79 bits per heavy atom. The first-order chi connectivity index (χ1) is 10.7. The predicted molar refractivity (Wildman–Crippen MR) is 100.0 cm³/mol. The summed E-state index contributed by atoms with van der Waals surface area (Å²) in [5, 5.41) is 2.95. The molecule has 0 aliphatic rings. The zero-order valence-electron chi connectivity index (χ0n) is 15.5. The smallest absolute Gasteiger partial charge is 0.237 e. The third-order valence-electron chi connectivity index (χ3n) is 3.47. The van der Waals surface area contributed by atoms with Crippen molar-refractivity contribution in [3.63, 3.8) is 0 Å². The number of carbonyl (C=O) groups excluding carboxylic acids is 1. The van der Waals surface area contributed by atoms with Gasteiger partial charge in [0, 0.05) is 0 Å². The van der Waals surface area contributed by atoms with E-state index >= 15 is 0 Å². The van der Waals surface area contributed by atoms with Crippen LogP contribution in [-0.2, 0) is 4.79 Å². The van der Waals surface area contributed by atoms with E-state index in [2.05, 4.69) is 19.2 Å². The first-order valence-corrected chi connectivity index (χ1v) is 8.15. The molecule has 0 radical (unpaired) electrons. The number of hydrogen-bond acceptors (Lipinski definition) is 4. The second-order valence-corrected chi connectivity index (χ2v) is 6.54. The van der Waals surface area contributed by atoms with Gasteiger partial charge >= 0.3 is 0 Å². The number of methoxy groups -OCH3 is 1. The summed E-state index contributed by atoms with van der Waals surface area (Å²) in [6, 6.07) is 5.05. The SMILES string of the molecule is COc1cc(C(C)NC(=O)[C@@H](N)CC(C)C)ccc1OC(C)C.Cl. The maximum Gasteiger partial charge on any atom is 0.237 e. The van der Waals surface area contributed by atoms with Crippen molar-refractivity contribution in [1.29, 1.82) is 0 Å². The van der Waals surface area contributed by atoms with Gasteiger partial charge in [0.1, 0.15) is 0 Å². The number of rotatable bonds is 8. The molecule has 1 amide bonds. The van der Waals surface area contributed by atoms with E-state index in [0.29, 0.717) is 23.8 Å². The third-order valence-corrected chi connectivity index (χ3v) is 3.47. The second-order valence-electron chi connectivity index (χ2n) is 6.54. The average Bonchev–Trinajstić information content (AvgIpc) is 2.46. The summed E-state index contributed by atoms with van der Waals surface area (Å²) in [6.07, 6.45) is 0.740. The number of ether oxygens (including phenoxy) is 2. The molecule has 1 unspecified atom stereocenters. The van der Waals surface area contributed by atoms with Gasteiger partial charge in [-0.15, -0.1) is 12.4 Å². The normalized spacial score (nSPS) is 13.2. The Bertz CT molecular complexity index is 521. The summed E-state index contributed by atoms with van der Waals surface area (Å²) in [5.41, 5.74) is 6.87. The van der Waals surface area contributed by atoms with Crippen molar-refractivity contribution in [2.24, 2.45) is 11.7 Å². The molecule has 24 heavy (non-hydrogen) atoms. The van der Waals surface area contributed by atoms with Crippen LogP contribution >= 0.6 is 12.4 Å². The lowest BCUT2D eigenvalue weighted by Gasteiger charge is -2.20. The highest BCUT2D eigenvalue weighted by atomic mass is 35.5. The topological polar surface area (TPSA) is 73.6 Å². The Hall–Kier alpha value is -1.46. The molecule has 0 bridgehead atoms. The van der Waals surface area contributed by atoms with Gasteiger partial charge in [0.2, 0.25) is 5.91 Å². The van der Waals surface area contributed by atoms with Crippen LogP contribution in [0.25, 0.3) is 0 Å². The van der Waals surface area contributed by atoms with E-state index in [1.807, 2.05) is 39.0 Å². The minimum atomic E-state index is -0.483. The van der Waals surface area contributed by atoms with E-state index in [4.69, 9.17) is 15.2 Å². The van der Waals surface area contributed by atoms with Crippen LogP contribution in [0.4, 0.5) is 0 Å². The molecule has 0 saturated heterocycles. The fraction of sp³-hybridized carbons (Fsp3) is 0.611. The molecule has 5 nitrogen and oxygen atoms in total. The van der Waals surface area contributed by atoms with E-state index < -0.39 is 6.04 Å². The van der Waals surface area contributed by atoms with Crippen LogP contribution in [-0.4, -0.2) is 25.2 Å². The van der Waals surface area contributed by atoms with E-state index in [-0.39, 0.29) is 30.5 Å². The van der Waals surface area contributed by atoms with Crippen LogP contribution < -0.4 is 20.5 Å². The Morgan fingerprint density at radius 3 is 2.29 bits per heavy atom. The van der Waals surface area contributed by atoms with Gasteiger partial charge in [-0.3, -0.25) is 4.79 Å². The summed E-state index contributed by atoms with van der Waals surface area (Å²) >= 11 is 0. The summed E-state index contributed by atoms with van der Waals surface area (Å²) in [5.74, 6) is 1.61. The molecule has 0 heterocycles. The molecule has 1 aromatic rings. The second kappa shape index (κ2) is 10.4. The van der Waals surface area contributed by atoms with Crippen LogP contribution in [0.3, 0.4) is 0 Å². The Kier molecular flexibility index (Phi) is 9.78. The number of amides is 1. The monoisotopic (exact) mass is 358 g/mol.